The van der Waals surface area contributed by atoms with Gasteiger partial charge in [0.2, 0.25) is 5.88 Å². The van der Waals surface area contributed by atoms with Crippen LogP contribution in [0.4, 0.5) is 4.79 Å². The minimum Gasteiger partial charge on any atom is -0.481 e. The number of nitrogens with one attached hydrogen (secondary N) is 2. The fourth-order valence-corrected chi connectivity index (χ4v) is 2.64. The molecule has 0 fully saturated rings. The molecule has 2 N–H and O–H groups in total. The minimum absolute atomic E-state index is 0.212. The number of hydrogen-bond donors (Lipinski definition) is 2. The third-order valence-electron chi connectivity index (χ3n) is 4.12. The highest BCUT2D eigenvalue weighted by Crippen LogP contribution is 2.08. The average Bonchev–Trinajstić information content (AvgIpc) is 2.70. The van der Waals surface area contributed by atoms with Crippen molar-refractivity contribution in [2.75, 3.05) is 13.7 Å². The van der Waals surface area contributed by atoms with Gasteiger partial charge in [0.25, 0.3) is 5.56 Å². The summed E-state index contributed by atoms with van der Waals surface area (Å²) in [4.78, 5) is 37.5. The van der Waals surface area contributed by atoms with Gasteiger partial charge in [-0.15, -0.1) is 0 Å². The van der Waals surface area contributed by atoms with Crippen LogP contribution in [0.5, 0.6) is 5.88 Å². The number of aromatic amines is 1. The molecule has 0 radical (unpaired) electrons. The first-order valence-electron chi connectivity index (χ1n) is 8.60. The molecule has 8 heteroatoms. The molecular formula is C19H21N5O3. The fourth-order valence-electron chi connectivity index (χ4n) is 2.64. The molecule has 0 saturated carbocycles. The monoisotopic (exact) mass is 367 g/mol. The molecule has 8 nitrogen and oxygen atoms in total. The summed E-state index contributed by atoms with van der Waals surface area (Å²) in [5, 5.41) is 3.37. The van der Waals surface area contributed by atoms with E-state index in [1.165, 1.54) is 0 Å². The molecule has 3 rings (SSSR count). The maximum Gasteiger partial charge on any atom is 0.318 e. The predicted octanol–water partition coefficient (Wildman–Crippen LogP) is 2.06. The molecule has 140 valence electrons. The van der Waals surface area contributed by atoms with Crippen LogP contribution in [0.3, 0.4) is 0 Å². The Kier molecular flexibility index (Phi) is 5.65. The van der Waals surface area contributed by atoms with E-state index in [1.807, 2.05) is 19.1 Å². The number of ether oxygens (including phenoxy) is 1. The van der Waals surface area contributed by atoms with Crippen LogP contribution in [-0.2, 0) is 13.1 Å². The topological polar surface area (TPSA) is 100 Å². The van der Waals surface area contributed by atoms with Gasteiger partial charge in [-0.05, 0) is 24.6 Å². The van der Waals surface area contributed by atoms with Crippen LogP contribution in [-0.4, -0.2) is 39.5 Å². The van der Waals surface area contributed by atoms with E-state index in [2.05, 4.69) is 20.3 Å². The number of nitrogens with zero attached hydrogens (tertiary/aromatic N) is 3. The molecule has 0 aliphatic heterocycles. The second kappa shape index (κ2) is 8.31. The van der Waals surface area contributed by atoms with E-state index in [-0.39, 0.29) is 18.1 Å². The molecule has 2 heterocycles. The summed E-state index contributed by atoms with van der Waals surface area (Å²) in [6.45, 7) is 2.90. The number of benzene rings is 1. The second-order valence-corrected chi connectivity index (χ2v) is 5.91. The number of hydrogen-bond acceptors (Lipinski definition) is 5. The average molecular weight is 367 g/mol. The molecule has 2 aromatic heterocycles. The number of carbonyl (C=O) groups is 1. The molecule has 2 amide bonds. The van der Waals surface area contributed by atoms with Crippen LogP contribution in [0, 0.1) is 0 Å². The lowest BCUT2D eigenvalue weighted by Crippen LogP contribution is -2.39. The molecule has 0 unspecified atom stereocenters. The lowest BCUT2D eigenvalue weighted by molar-refractivity contribution is 0.196. The van der Waals surface area contributed by atoms with E-state index in [0.717, 1.165) is 5.56 Å². The van der Waals surface area contributed by atoms with Gasteiger partial charge in [-0.3, -0.25) is 4.79 Å². The molecule has 0 spiro atoms. The summed E-state index contributed by atoms with van der Waals surface area (Å²) in [7, 11) is 1.55. The number of amides is 2. The summed E-state index contributed by atoms with van der Waals surface area (Å²) >= 11 is 0. The van der Waals surface area contributed by atoms with Gasteiger partial charge < -0.3 is 19.9 Å². The van der Waals surface area contributed by atoms with Crippen molar-refractivity contribution in [3.63, 3.8) is 0 Å². The number of urea groups is 1. The number of aromatic nitrogens is 3. The second-order valence-electron chi connectivity index (χ2n) is 5.91. The Hall–Kier alpha value is -3.42. The number of fused-ring (bicyclic) bond motifs is 1. The third kappa shape index (κ3) is 4.41. The van der Waals surface area contributed by atoms with Crippen LogP contribution in [0.25, 0.3) is 10.9 Å². The first-order chi connectivity index (χ1) is 13.1. The van der Waals surface area contributed by atoms with Gasteiger partial charge in [-0.2, -0.15) is 0 Å². The number of para-hydroxylation sites is 1. The van der Waals surface area contributed by atoms with Crippen molar-refractivity contribution in [1.82, 2.24) is 25.2 Å². The molecule has 3 aromatic rings. The van der Waals surface area contributed by atoms with E-state index in [4.69, 9.17) is 4.74 Å². The Bertz CT molecular complexity index is 985. The highest BCUT2D eigenvalue weighted by molar-refractivity contribution is 5.77. The first kappa shape index (κ1) is 18.4. The van der Waals surface area contributed by atoms with E-state index in [1.54, 1.807) is 42.5 Å². The van der Waals surface area contributed by atoms with Crippen LogP contribution < -0.4 is 15.6 Å². The normalized spacial score (nSPS) is 10.6. The van der Waals surface area contributed by atoms with Gasteiger partial charge in [-0.25, -0.2) is 14.8 Å². The number of methoxy groups -OCH3 is 1. The van der Waals surface area contributed by atoms with Crippen LogP contribution >= 0.6 is 0 Å². The van der Waals surface area contributed by atoms with Crippen molar-refractivity contribution in [1.29, 1.82) is 0 Å². The minimum atomic E-state index is -0.246. The zero-order valence-electron chi connectivity index (χ0n) is 15.2. The maximum absolute atomic E-state index is 12.5. The van der Waals surface area contributed by atoms with Gasteiger partial charge in [0.1, 0.15) is 5.82 Å². The number of rotatable bonds is 6. The zero-order valence-corrected chi connectivity index (χ0v) is 15.2. The quantitative estimate of drug-likeness (QED) is 0.695. The molecular weight excluding hydrogens is 346 g/mol. The number of pyridine rings is 1. The summed E-state index contributed by atoms with van der Waals surface area (Å²) in [6, 6.07) is 10.4. The van der Waals surface area contributed by atoms with Crippen molar-refractivity contribution >= 4 is 16.9 Å². The van der Waals surface area contributed by atoms with Crippen LogP contribution in [0.15, 0.2) is 47.4 Å². The van der Waals surface area contributed by atoms with Crippen molar-refractivity contribution in [2.24, 2.45) is 0 Å². The highest BCUT2D eigenvalue weighted by Gasteiger charge is 2.14. The number of H-pyrrole nitrogens is 1. The van der Waals surface area contributed by atoms with Gasteiger partial charge in [0.05, 0.1) is 24.6 Å². The molecule has 0 saturated heterocycles. The molecule has 0 aliphatic rings. The van der Waals surface area contributed by atoms with Crippen molar-refractivity contribution < 1.29 is 9.53 Å². The summed E-state index contributed by atoms with van der Waals surface area (Å²) in [5.41, 5.74) is 1.26. The molecule has 1 aromatic carbocycles. The lowest BCUT2D eigenvalue weighted by Gasteiger charge is -2.21. The Labute approximate surface area is 156 Å². The van der Waals surface area contributed by atoms with Gasteiger partial charge in [0, 0.05) is 25.4 Å². The van der Waals surface area contributed by atoms with Crippen LogP contribution in [0.1, 0.15) is 18.3 Å². The van der Waals surface area contributed by atoms with Crippen molar-refractivity contribution in [2.45, 2.75) is 20.0 Å². The Morgan fingerprint density at radius 1 is 1.26 bits per heavy atom. The standard InChI is InChI=1S/C19H21N5O3/c1-3-24(19(26)21-11-13-8-9-17(27-2)20-10-13)12-16-22-15-7-5-4-6-14(15)18(25)23-16/h4-10H,3,11-12H2,1-2H3,(H,21,26)(H,22,23,25). The van der Waals surface area contributed by atoms with Crippen LogP contribution in [0.2, 0.25) is 0 Å². The van der Waals surface area contributed by atoms with Gasteiger partial charge in [0.15, 0.2) is 0 Å². The predicted molar refractivity (Wildman–Crippen MR) is 101 cm³/mol. The lowest BCUT2D eigenvalue weighted by atomic mass is 10.2. The SMILES string of the molecule is CCN(Cc1nc2ccccc2c(=O)[nH]1)C(=O)NCc1ccc(OC)nc1. The largest absolute Gasteiger partial charge is 0.481 e. The maximum atomic E-state index is 12.5. The smallest absolute Gasteiger partial charge is 0.318 e. The number of carbonyl (C=O) groups excluding carboxylic acids is 1. The zero-order chi connectivity index (χ0) is 19.2. The summed E-state index contributed by atoms with van der Waals surface area (Å²) < 4.78 is 5.01. The highest BCUT2D eigenvalue weighted by atomic mass is 16.5. The van der Waals surface area contributed by atoms with Gasteiger partial charge >= 0.3 is 6.03 Å². The Balaban J connectivity index is 1.67. The van der Waals surface area contributed by atoms with E-state index in [0.29, 0.717) is 35.7 Å². The van der Waals surface area contributed by atoms with Gasteiger partial charge in [-0.1, -0.05) is 18.2 Å². The van der Waals surface area contributed by atoms with E-state index < -0.39 is 0 Å². The third-order valence-corrected chi connectivity index (χ3v) is 4.12. The first-order valence-corrected chi connectivity index (χ1v) is 8.60. The summed E-state index contributed by atoms with van der Waals surface area (Å²) in [6.07, 6.45) is 1.65. The molecule has 0 atom stereocenters. The van der Waals surface area contributed by atoms with E-state index in [9.17, 15) is 9.59 Å². The molecule has 0 aliphatic carbocycles. The Morgan fingerprint density at radius 3 is 2.78 bits per heavy atom. The van der Waals surface area contributed by atoms with Crippen molar-refractivity contribution in [3.8, 4) is 5.88 Å². The van der Waals surface area contributed by atoms with E-state index >= 15 is 0 Å². The fraction of sp³-hybridized carbons (Fsp3) is 0.263. The molecule has 0 bridgehead atoms. The molecule has 27 heavy (non-hydrogen) atoms. The van der Waals surface area contributed by atoms with Crippen molar-refractivity contribution in [3.05, 3.63) is 64.3 Å². The Morgan fingerprint density at radius 2 is 2.07 bits per heavy atom. The summed E-state index contributed by atoms with van der Waals surface area (Å²) in [5.74, 6) is 0.966.